The molecule has 1 fully saturated rings. The summed E-state index contributed by atoms with van der Waals surface area (Å²) in [7, 11) is 0. The summed E-state index contributed by atoms with van der Waals surface area (Å²) in [4.78, 5) is 16.6. The summed E-state index contributed by atoms with van der Waals surface area (Å²) >= 11 is 14.4. The second-order valence-corrected chi connectivity index (χ2v) is 7.81. The van der Waals surface area contributed by atoms with Crippen molar-refractivity contribution in [2.45, 2.75) is 6.92 Å². The van der Waals surface area contributed by atoms with E-state index < -0.39 is 0 Å². The lowest BCUT2D eigenvalue weighted by molar-refractivity contribution is -0.121. The van der Waals surface area contributed by atoms with Crippen molar-refractivity contribution < 1.29 is 4.79 Å². The van der Waals surface area contributed by atoms with Crippen molar-refractivity contribution in [1.82, 2.24) is 4.90 Å². The Balaban J connectivity index is 1.90. The second kappa shape index (κ2) is 6.54. The fourth-order valence-corrected chi connectivity index (χ4v) is 4.87. The molecule has 3 rings (SSSR count). The lowest BCUT2D eigenvalue weighted by atomic mass is 10.2. The number of thiophene rings is 1. The van der Waals surface area contributed by atoms with E-state index >= 15 is 0 Å². The highest BCUT2D eigenvalue weighted by molar-refractivity contribution is 8.26. The van der Waals surface area contributed by atoms with Gasteiger partial charge in [-0.3, -0.25) is 9.69 Å². The van der Waals surface area contributed by atoms with E-state index in [1.807, 2.05) is 49.4 Å². The highest BCUT2D eigenvalue weighted by Gasteiger charge is 2.30. The van der Waals surface area contributed by atoms with E-state index in [1.165, 1.54) is 11.8 Å². The van der Waals surface area contributed by atoms with Crippen molar-refractivity contribution in [2.24, 2.45) is 0 Å². The summed E-state index contributed by atoms with van der Waals surface area (Å²) < 4.78 is 0.627. The van der Waals surface area contributed by atoms with Crippen molar-refractivity contribution in [3.63, 3.8) is 0 Å². The number of halogens is 1. The van der Waals surface area contributed by atoms with Gasteiger partial charge in [0.05, 0.1) is 4.91 Å². The zero-order chi connectivity index (χ0) is 15.7. The predicted octanol–water partition coefficient (Wildman–Crippen LogP) is 5.29. The van der Waals surface area contributed by atoms with Crippen LogP contribution >= 0.6 is 46.9 Å². The van der Waals surface area contributed by atoms with Crippen molar-refractivity contribution in [3.05, 3.63) is 51.2 Å². The lowest BCUT2D eigenvalue weighted by Gasteiger charge is -2.09. The SMILES string of the molecule is CCN1C(=O)/C(=C/c2ccc(-c3ccccc3Cl)s2)SC1=S. The van der Waals surface area contributed by atoms with Crippen molar-refractivity contribution in [3.8, 4) is 10.4 Å². The summed E-state index contributed by atoms with van der Waals surface area (Å²) in [5.74, 6) is -0.00908. The summed E-state index contributed by atoms with van der Waals surface area (Å²) in [5, 5.41) is 0.730. The van der Waals surface area contributed by atoms with Crippen LogP contribution in [0.4, 0.5) is 0 Å². The van der Waals surface area contributed by atoms with Crippen LogP contribution in [0.5, 0.6) is 0 Å². The zero-order valence-electron chi connectivity index (χ0n) is 11.7. The normalized spacial score (nSPS) is 16.8. The van der Waals surface area contributed by atoms with Gasteiger partial charge in [0.2, 0.25) is 0 Å². The first-order chi connectivity index (χ1) is 10.6. The quantitative estimate of drug-likeness (QED) is 0.544. The monoisotopic (exact) mass is 365 g/mol. The van der Waals surface area contributed by atoms with Crippen LogP contribution in [0.3, 0.4) is 0 Å². The molecule has 1 aromatic heterocycles. The molecule has 22 heavy (non-hydrogen) atoms. The van der Waals surface area contributed by atoms with Gasteiger partial charge in [-0.15, -0.1) is 11.3 Å². The molecule has 1 aliphatic heterocycles. The third kappa shape index (κ3) is 2.99. The van der Waals surface area contributed by atoms with Crippen LogP contribution < -0.4 is 0 Å². The third-order valence-corrected chi connectivity index (χ3v) is 6.00. The van der Waals surface area contributed by atoms with E-state index in [0.29, 0.717) is 15.8 Å². The van der Waals surface area contributed by atoms with Crippen LogP contribution in [-0.4, -0.2) is 21.7 Å². The number of thiocarbonyl (C=S) groups is 1. The van der Waals surface area contributed by atoms with E-state index in [-0.39, 0.29) is 5.91 Å². The van der Waals surface area contributed by atoms with E-state index in [0.717, 1.165) is 20.3 Å². The van der Waals surface area contributed by atoms with Crippen LogP contribution in [0, 0.1) is 0 Å². The topological polar surface area (TPSA) is 20.3 Å². The molecular weight excluding hydrogens is 354 g/mol. The van der Waals surface area contributed by atoms with Crippen molar-refractivity contribution in [2.75, 3.05) is 6.54 Å². The predicted molar refractivity (Wildman–Crippen MR) is 100 cm³/mol. The van der Waals surface area contributed by atoms with Crippen LogP contribution in [0.2, 0.25) is 5.02 Å². The first kappa shape index (κ1) is 15.7. The number of thioether (sulfide) groups is 1. The molecule has 1 aromatic carbocycles. The molecule has 2 nitrogen and oxygen atoms in total. The zero-order valence-corrected chi connectivity index (χ0v) is 14.9. The minimum atomic E-state index is -0.00908. The van der Waals surface area contributed by atoms with Gasteiger partial charge in [-0.2, -0.15) is 0 Å². The Hall–Kier alpha value is -1.14. The average molecular weight is 366 g/mol. The molecule has 1 aliphatic rings. The Kier molecular flexibility index (Phi) is 4.68. The molecule has 1 amide bonds. The molecule has 0 spiro atoms. The highest BCUT2D eigenvalue weighted by atomic mass is 35.5. The molecule has 6 heteroatoms. The maximum absolute atomic E-state index is 12.2. The fourth-order valence-electron chi connectivity index (χ4n) is 2.14. The molecule has 0 atom stereocenters. The van der Waals surface area contributed by atoms with Gasteiger partial charge in [-0.1, -0.05) is 53.8 Å². The molecule has 1 saturated heterocycles. The van der Waals surface area contributed by atoms with Gasteiger partial charge in [0.25, 0.3) is 5.91 Å². The highest BCUT2D eigenvalue weighted by Crippen LogP contribution is 2.37. The molecule has 112 valence electrons. The number of rotatable bonds is 3. The molecule has 0 saturated carbocycles. The van der Waals surface area contributed by atoms with E-state index in [4.69, 9.17) is 23.8 Å². The Bertz CT molecular complexity index is 781. The van der Waals surface area contributed by atoms with E-state index in [2.05, 4.69) is 0 Å². The summed E-state index contributed by atoms with van der Waals surface area (Å²) in [6.45, 7) is 2.53. The summed E-state index contributed by atoms with van der Waals surface area (Å²) in [6, 6.07) is 11.8. The molecule has 0 unspecified atom stereocenters. The van der Waals surface area contributed by atoms with Gasteiger partial charge in [-0.05, 0) is 31.2 Å². The summed E-state index contributed by atoms with van der Waals surface area (Å²) in [6.07, 6.45) is 1.90. The Morgan fingerprint density at radius 2 is 2.05 bits per heavy atom. The number of likely N-dealkylation sites (N-methyl/N-ethyl adjacent to an activating group) is 1. The largest absolute Gasteiger partial charge is 0.293 e. The number of carbonyl (C=O) groups is 1. The second-order valence-electron chi connectivity index (χ2n) is 4.61. The molecule has 0 bridgehead atoms. The van der Waals surface area contributed by atoms with E-state index in [9.17, 15) is 4.79 Å². The average Bonchev–Trinajstić information content (AvgIpc) is 3.05. The molecule has 0 N–H and O–H groups in total. The van der Waals surface area contributed by atoms with E-state index in [1.54, 1.807) is 16.2 Å². The van der Waals surface area contributed by atoms with Crippen molar-refractivity contribution >= 4 is 63.2 Å². The maximum atomic E-state index is 12.2. The molecular formula is C16H12ClNOS3. The van der Waals surface area contributed by atoms with Crippen LogP contribution in [0.15, 0.2) is 41.3 Å². The first-order valence-electron chi connectivity index (χ1n) is 6.70. The van der Waals surface area contributed by atoms with Crippen LogP contribution in [0.25, 0.3) is 16.5 Å². The smallest absolute Gasteiger partial charge is 0.266 e. The van der Waals surface area contributed by atoms with Gasteiger partial charge in [-0.25, -0.2) is 0 Å². The Morgan fingerprint density at radius 1 is 1.27 bits per heavy atom. The van der Waals surface area contributed by atoms with Gasteiger partial charge in [0, 0.05) is 26.9 Å². The number of amides is 1. The third-order valence-electron chi connectivity index (χ3n) is 3.23. The number of hydrogen-bond donors (Lipinski definition) is 0. The molecule has 0 aliphatic carbocycles. The van der Waals surface area contributed by atoms with Crippen molar-refractivity contribution in [1.29, 1.82) is 0 Å². The van der Waals surface area contributed by atoms with Crippen LogP contribution in [0.1, 0.15) is 11.8 Å². The number of benzene rings is 1. The maximum Gasteiger partial charge on any atom is 0.266 e. The standard InChI is InChI=1S/C16H12ClNOS3/c1-2-18-15(19)14(22-16(18)20)9-10-7-8-13(21-10)11-5-3-4-6-12(11)17/h3-9H,2H2,1H3/b14-9-. The summed E-state index contributed by atoms with van der Waals surface area (Å²) in [5.41, 5.74) is 1.01. The van der Waals surface area contributed by atoms with Gasteiger partial charge < -0.3 is 0 Å². The fraction of sp³-hybridized carbons (Fsp3) is 0.125. The van der Waals surface area contributed by atoms with Gasteiger partial charge >= 0.3 is 0 Å². The number of nitrogens with zero attached hydrogens (tertiary/aromatic N) is 1. The first-order valence-corrected chi connectivity index (χ1v) is 9.12. The molecule has 0 radical (unpaired) electrons. The number of hydrogen-bond acceptors (Lipinski definition) is 4. The number of carbonyl (C=O) groups excluding carboxylic acids is 1. The minimum Gasteiger partial charge on any atom is -0.293 e. The minimum absolute atomic E-state index is 0.00908. The van der Waals surface area contributed by atoms with Crippen LogP contribution in [-0.2, 0) is 4.79 Å². The molecule has 2 aromatic rings. The lowest BCUT2D eigenvalue weighted by Crippen LogP contribution is -2.27. The Morgan fingerprint density at radius 3 is 2.73 bits per heavy atom. The van der Waals surface area contributed by atoms with Gasteiger partial charge in [0.1, 0.15) is 4.32 Å². The van der Waals surface area contributed by atoms with Gasteiger partial charge in [0.15, 0.2) is 0 Å². The Labute approximate surface area is 147 Å². The molecule has 2 heterocycles.